The summed E-state index contributed by atoms with van der Waals surface area (Å²) in [5.74, 6) is 0.869. The van der Waals surface area contributed by atoms with E-state index in [0.29, 0.717) is 13.1 Å². The van der Waals surface area contributed by atoms with Crippen LogP contribution in [0.4, 0.5) is 0 Å². The van der Waals surface area contributed by atoms with Gasteiger partial charge in [-0.1, -0.05) is 26.2 Å². The molecule has 0 radical (unpaired) electrons. The fourth-order valence-corrected chi connectivity index (χ4v) is 4.75. The number of aromatic nitrogens is 1. The number of unbranched alkanes of at least 4 members (excludes halogenated alkanes) is 3. The molecule has 1 unspecified atom stereocenters. The molecule has 0 spiro atoms. The van der Waals surface area contributed by atoms with E-state index in [4.69, 9.17) is 4.74 Å². The van der Waals surface area contributed by atoms with Crippen LogP contribution < -0.4 is 4.74 Å². The quantitative estimate of drug-likeness (QED) is 0.779. The smallest absolute Gasteiger partial charge is 0.254 e. The van der Waals surface area contributed by atoms with E-state index in [1.54, 1.807) is 16.9 Å². The van der Waals surface area contributed by atoms with E-state index in [9.17, 15) is 9.59 Å². The standard InChI is InChI=1S/C22H29N3O3/c1-4-5-6-7-11-24-14-19(26)25-12-10-16-17-13-15(28-3)8-9-18(17)23-20(16)22(25,2)21(24)27/h8-9,13,23H,4-7,10-12,14H2,1-3H3. The monoisotopic (exact) mass is 383 g/mol. The highest BCUT2D eigenvalue weighted by atomic mass is 16.5. The van der Waals surface area contributed by atoms with Crippen LogP contribution in [0, 0.1) is 0 Å². The summed E-state index contributed by atoms with van der Waals surface area (Å²) in [4.78, 5) is 33.4. The Balaban J connectivity index is 1.72. The highest BCUT2D eigenvalue weighted by Crippen LogP contribution is 2.42. The molecule has 1 atom stereocenters. The second-order valence-electron chi connectivity index (χ2n) is 8.05. The van der Waals surface area contributed by atoms with Crippen LogP contribution in [0.2, 0.25) is 0 Å². The number of ether oxygens (including phenoxy) is 1. The van der Waals surface area contributed by atoms with Gasteiger partial charge in [-0.15, -0.1) is 0 Å². The number of aromatic amines is 1. The predicted molar refractivity (Wildman–Crippen MR) is 108 cm³/mol. The molecule has 0 bridgehead atoms. The van der Waals surface area contributed by atoms with Crippen molar-refractivity contribution in [2.24, 2.45) is 0 Å². The zero-order valence-electron chi connectivity index (χ0n) is 17.0. The highest BCUT2D eigenvalue weighted by molar-refractivity contribution is 6.00. The van der Waals surface area contributed by atoms with E-state index in [-0.39, 0.29) is 18.4 Å². The van der Waals surface area contributed by atoms with Crippen molar-refractivity contribution in [1.29, 1.82) is 0 Å². The van der Waals surface area contributed by atoms with Crippen molar-refractivity contribution >= 4 is 22.7 Å². The molecule has 4 rings (SSSR count). The largest absolute Gasteiger partial charge is 0.497 e. The first-order valence-corrected chi connectivity index (χ1v) is 10.3. The van der Waals surface area contributed by atoms with E-state index >= 15 is 0 Å². The Bertz CT molecular complexity index is 919. The molecule has 150 valence electrons. The number of fused-ring (bicyclic) bond motifs is 5. The molecule has 1 N–H and O–H groups in total. The average molecular weight is 383 g/mol. The van der Waals surface area contributed by atoms with Crippen LogP contribution in [0.5, 0.6) is 5.75 Å². The van der Waals surface area contributed by atoms with Crippen molar-refractivity contribution in [3.05, 3.63) is 29.5 Å². The average Bonchev–Trinajstić information content (AvgIpc) is 3.08. The molecule has 1 saturated heterocycles. The summed E-state index contributed by atoms with van der Waals surface area (Å²) in [6.45, 7) is 5.49. The lowest BCUT2D eigenvalue weighted by molar-refractivity contribution is -0.166. The van der Waals surface area contributed by atoms with Crippen LogP contribution in [-0.2, 0) is 21.5 Å². The van der Waals surface area contributed by atoms with E-state index < -0.39 is 5.54 Å². The minimum Gasteiger partial charge on any atom is -0.497 e. The number of hydrogen-bond acceptors (Lipinski definition) is 3. The van der Waals surface area contributed by atoms with Crippen LogP contribution in [0.15, 0.2) is 18.2 Å². The maximum atomic E-state index is 13.5. The Labute approximate surface area is 165 Å². The van der Waals surface area contributed by atoms with E-state index in [1.165, 1.54) is 0 Å². The van der Waals surface area contributed by atoms with Crippen molar-refractivity contribution < 1.29 is 14.3 Å². The fraction of sp³-hybridized carbons (Fsp3) is 0.545. The molecule has 6 heteroatoms. The number of methoxy groups -OCH3 is 1. The van der Waals surface area contributed by atoms with Crippen LogP contribution in [-0.4, -0.2) is 53.3 Å². The maximum Gasteiger partial charge on any atom is 0.254 e. The molecule has 1 fully saturated rings. The van der Waals surface area contributed by atoms with Crippen LogP contribution in [0.25, 0.3) is 10.9 Å². The van der Waals surface area contributed by atoms with Gasteiger partial charge in [-0.25, -0.2) is 0 Å². The second kappa shape index (κ2) is 7.15. The maximum absolute atomic E-state index is 13.5. The molecule has 2 amide bonds. The topological polar surface area (TPSA) is 65.6 Å². The molecule has 1 aromatic heterocycles. The van der Waals surface area contributed by atoms with Crippen LogP contribution >= 0.6 is 0 Å². The second-order valence-corrected chi connectivity index (χ2v) is 8.05. The van der Waals surface area contributed by atoms with Crippen molar-refractivity contribution in [2.45, 2.75) is 51.5 Å². The highest BCUT2D eigenvalue weighted by Gasteiger charge is 2.53. The van der Waals surface area contributed by atoms with Gasteiger partial charge in [0, 0.05) is 24.0 Å². The van der Waals surface area contributed by atoms with E-state index in [1.807, 2.05) is 25.1 Å². The summed E-state index contributed by atoms with van der Waals surface area (Å²) in [5.41, 5.74) is 2.01. The summed E-state index contributed by atoms with van der Waals surface area (Å²) in [6.07, 6.45) is 5.09. The number of carbonyl (C=O) groups excluding carboxylic acids is 2. The van der Waals surface area contributed by atoms with E-state index in [0.717, 1.165) is 60.0 Å². The molecule has 2 aromatic rings. The van der Waals surface area contributed by atoms with Crippen LogP contribution in [0.3, 0.4) is 0 Å². The van der Waals surface area contributed by atoms with Gasteiger partial charge >= 0.3 is 0 Å². The Kier molecular flexibility index (Phi) is 4.81. The SMILES string of the molecule is CCCCCCN1CC(=O)N2CCc3c([nH]c4ccc(OC)cc34)C2(C)C1=O. The van der Waals surface area contributed by atoms with Gasteiger partial charge in [0.2, 0.25) is 5.91 Å². The summed E-state index contributed by atoms with van der Waals surface area (Å²) in [7, 11) is 1.66. The lowest BCUT2D eigenvalue weighted by Crippen LogP contribution is -2.67. The summed E-state index contributed by atoms with van der Waals surface area (Å²) in [6, 6.07) is 5.91. The molecular weight excluding hydrogens is 354 g/mol. The number of nitrogens with one attached hydrogen (secondary N) is 1. The Hall–Kier alpha value is -2.50. The predicted octanol–water partition coefficient (Wildman–Crippen LogP) is 3.20. The number of nitrogens with zero attached hydrogens (tertiary/aromatic N) is 2. The number of carbonyl (C=O) groups is 2. The molecule has 2 aliphatic rings. The Morgan fingerprint density at radius 1 is 1.21 bits per heavy atom. The first-order valence-electron chi connectivity index (χ1n) is 10.3. The Morgan fingerprint density at radius 2 is 2.04 bits per heavy atom. The molecule has 0 saturated carbocycles. The van der Waals surface area contributed by atoms with Gasteiger partial charge in [-0.2, -0.15) is 0 Å². The molecule has 1 aromatic carbocycles. The molecular formula is C22H29N3O3. The number of benzene rings is 1. The summed E-state index contributed by atoms with van der Waals surface area (Å²) < 4.78 is 5.38. The summed E-state index contributed by atoms with van der Waals surface area (Å²) in [5, 5.41) is 1.08. The van der Waals surface area contributed by atoms with Gasteiger partial charge in [0.05, 0.1) is 19.3 Å². The van der Waals surface area contributed by atoms with Gasteiger partial charge < -0.3 is 19.5 Å². The zero-order valence-corrected chi connectivity index (χ0v) is 17.0. The number of rotatable bonds is 6. The van der Waals surface area contributed by atoms with Crippen molar-refractivity contribution in [3.8, 4) is 5.75 Å². The molecule has 28 heavy (non-hydrogen) atoms. The normalized spacial score (nSPS) is 21.8. The van der Waals surface area contributed by atoms with Gasteiger partial charge in [0.1, 0.15) is 5.75 Å². The fourth-order valence-electron chi connectivity index (χ4n) is 4.75. The molecule has 0 aliphatic carbocycles. The molecule has 3 heterocycles. The lowest BCUT2D eigenvalue weighted by Gasteiger charge is -2.49. The number of piperazine rings is 1. The van der Waals surface area contributed by atoms with Crippen LogP contribution in [0.1, 0.15) is 50.8 Å². The first kappa shape index (κ1) is 18.8. The van der Waals surface area contributed by atoms with Gasteiger partial charge in [0.15, 0.2) is 5.54 Å². The zero-order chi connectivity index (χ0) is 19.9. The molecule has 6 nitrogen and oxygen atoms in total. The Morgan fingerprint density at radius 3 is 2.79 bits per heavy atom. The van der Waals surface area contributed by atoms with E-state index in [2.05, 4.69) is 11.9 Å². The molecule has 2 aliphatic heterocycles. The first-order chi connectivity index (χ1) is 13.5. The third-order valence-electron chi connectivity index (χ3n) is 6.34. The third-order valence-corrected chi connectivity index (χ3v) is 6.34. The third kappa shape index (κ3) is 2.77. The van der Waals surface area contributed by atoms with Gasteiger partial charge in [-0.05, 0) is 43.5 Å². The summed E-state index contributed by atoms with van der Waals surface area (Å²) >= 11 is 0. The van der Waals surface area contributed by atoms with Crippen molar-refractivity contribution in [1.82, 2.24) is 14.8 Å². The number of amides is 2. The van der Waals surface area contributed by atoms with Crippen molar-refractivity contribution in [3.63, 3.8) is 0 Å². The van der Waals surface area contributed by atoms with Crippen molar-refractivity contribution in [2.75, 3.05) is 26.7 Å². The van der Waals surface area contributed by atoms with Gasteiger partial charge in [-0.3, -0.25) is 9.59 Å². The van der Waals surface area contributed by atoms with Gasteiger partial charge in [0.25, 0.3) is 5.91 Å². The number of hydrogen-bond donors (Lipinski definition) is 1. The number of H-pyrrole nitrogens is 1. The minimum absolute atomic E-state index is 0.0306. The lowest BCUT2D eigenvalue weighted by atomic mass is 9.83. The minimum atomic E-state index is -0.958.